The van der Waals surface area contributed by atoms with Crippen molar-refractivity contribution in [3.8, 4) is 0 Å². The molecule has 1 aromatic rings. The van der Waals surface area contributed by atoms with E-state index < -0.39 is 0 Å². The Balaban J connectivity index is 1.81. The van der Waals surface area contributed by atoms with Crippen molar-refractivity contribution in [2.24, 2.45) is 0 Å². The van der Waals surface area contributed by atoms with E-state index in [0.29, 0.717) is 17.6 Å². The largest absolute Gasteiger partial charge is 0.384 e. The highest BCUT2D eigenvalue weighted by molar-refractivity contribution is 8.00. The fourth-order valence-corrected chi connectivity index (χ4v) is 3.18. The molecule has 0 spiro atoms. The second-order valence-corrected chi connectivity index (χ2v) is 6.05. The van der Waals surface area contributed by atoms with E-state index in [9.17, 15) is 4.79 Å². The molecule has 0 aliphatic heterocycles. The van der Waals surface area contributed by atoms with Crippen LogP contribution in [0.4, 0.5) is 5.82 Å². The molecule has 104 valence electrons. The number of anilines is 1. The molecule has 4 nitrogen and oxygen atoms in total. The van der Waals surface area contributed by atoms with Crippen LogP contribution in [0.3, 0.4) is 0 Å². The van der Waals surface area contributed by atoms with Crippen molar-refractivity contribution in [3.05, 3.63) is 18.3 Å². The number of amides is 1. The summed E-state index contributed by atoms with van der Waals surface area (Å²) in [6.45, 7) is 0. The van der Waals surface area contributed by atoms with Gasteiger partial charge in [-0.25, -0.2) is 4.98 Å². The molecule has 0 radical (unpaired) electrons. The smallest absolute Gasteiger partial charge is 0.232 e. The standard InChI is InChI=1S/C14H21N3OS/c1-17(11-5-3-2-4-6-11)14(18)10-19-12-7-8-13(15)16-9-12/h7-9,11H,2-6,10H2,1H3,(H2,15,16). The van der Waals surface area contributed by atoms with Crippen LogP contribution in [0.1, 0.15) is 32.1 Å². The number of rotatable bonds is 4. The summed E-state index contributed by atoms with van der Waals surface area (Å²) < 4.78 is 0. The van der Waals surface area contributed by atoms with Crippen LogP contribution in [-0.2, 0) is 4.79 Å². The average Bonchev–Trinajstić information content (AvgIpc) is 2.46. The van der Waals surface area contributed by atoms with Crippen LogP contribution in [0.2, 0.25) is 0 Å². The number of aromatic nitrogens is 1. The molecule has 0 bridgehead atoms. The minimum absolute atomic E-state index is 0.203. The number of carbonyl (C=O) groups excluding carboxylic acids is 1. The number of nitrogens with zero attached hydrogens (tertiary/aromatic N) is 2. The van der Waals surface area contributed by atoms with Crippen LogP contribution in [0.25, 0.3) is 0 Å². The molecule has 2 N–H and O–H groups in total. The Morgan fingerprint density at radius 2 is 2.16 bits per heavy atom. The SMILES string of the molecule is CN(C(=O)CSc1ccc(N)nc1)C1CCCCC1. The molecule has 1 aromatic heterocycles. The summed E-state index contributed by atoms with van der Waals surface area (Å²) in [6.07, 6.45) is 7.82. The maximum absolute atomic E-state index is 12.1. The number of nitrogens with two attached hydrogens (primary N) is 1. The monoisotopic (exact) mass is 279 g/mol. The fourth-order valence-electron chi connectivity index (χ4n) is 2.40. The summed E-state index contributed by atoms with van der Waals surface area (Å²) in [5.41, 5.74) is 5.53. The van der Waals surface area contributed by atoms with Crippen molar-refractivity contribution in [1.82, 2.24) is 9.88 Å². The third-order valence-electron chi connectivity index (χ3n) is 3.64. The third-order valence-corrected chi connectivity index (χ3v) is 4.60. The summed E-state index contributed by atoms with van der Waals surface area (Å²) in [5, 5.41) is 0. The van der Waals surface area contributed by atoms with Crippen molar-refractivity contribution in [2.45, 2.75) is 43.0 Å². The minimum Gasteiger partial charge on any atom is -0.384 e. The van der Waals surface area contributed by atoms with E-state index in [2.05, 4.69) is 4.98 Å². The van der Waals surface area contributed by atoms with Crippen LogP contribution in [-0.4, -0.2) is 34.6 Å². The van der Waals surface area contributed by atoms with Crippen molar-refractivity contribution in [3.63, 3.8) is 0 Å². The predicted octanol–water partition coefficient (Wildman–Crippen LogP) is 2.55. The maximum Gasteiger partial charge on any atom is 0.232 e. The van der Waals surface area contributed by atoms with Gasteiger partial charge < -0.3 is 10.6 Å². The number of hydrogen-bond donors (Lipinski definition) is 1. The number of hydrogen-bond acceptors (Lipinski definition) is 4. The zero-order valence-corrected chi connectivity index (χ0v) is 12.2. The van der Waals surface area contributed by atoms with E-state index in [-0.39, 0.29) is 5.91 Å². The molecule has 1 aliphatic carbocycles. The number of thioether (sulfide) groups is 1. The van der Waals surface area contributed by atoms with Gasteiger partial charge in [-0.15, -0.1) is 11.8 Å². The van der Waals surface area contributed by atoms with Gasteiger partial charge in [0.2, 0.25) is 5.91 Å². The molecule has 0 unspecified atom stereocenters. The zero-order valence-electron chi connectivity index (χ0n) is 11.3. The molecule has 0 saturated heterocycles. The van der Waals surface area contributed by atoms with Crippen molar-refractivity contribution in [1.29, 1.82) is 0 Å². The fraction of sp³-hybridized carbons (Fsp3) is 0.571. The first-order valence-corrected chi connectivity index (χ1v) is 7.75. The Morgan fingerprint density at radius 1 is 1.42 bits per heavy atom. The lowest BCUT2D eigenvalue weighted by molar-refractivity contribution is -0.129. The van der Waals surface area contributed by atoms with E-state index in [1.165, 1.54) is 31.0 Å². The molecule has 0 aromatic carbocycles. The van der Waals surface area contributed by atoms with Crippen molar-refractivity contribution >= 4 is 23.5 Å². The molecule has 19 heavy (non-hydrogen) atoms. The quantitative estimate of drug-likeness (QED) is 0.861. The highest BCUT2D eigenvalue weighted by atomic mass is 32.2. The van der Waals surface area contributed by atoms with Gasteiger partial charge in [0, 0.05) is 24.2 Å². The Labute approximate surface area is 118 Å². The molecular weight excluding hydrogens is 258 g/mol. The van der Waals surface area contributed by atoms with Gasteiger partial charge in [-0.3, -0.25) is 4.79 Å². The molecule has 1 aliphatic rings. The third kappa shape index (κ3) is 4.13. The molecule has 5 heteroatoms. The van der Waals surface area contributed by atoms with E-state index >= 15 is 0 Å². The van der Waals surface area contributed by atoms with Crippen LogP contribution >= 0.6 is 11.8 Å². The molecule has 1 saturated carbocycles. The predicted molar refractivity (Wildman–Crippen MR) is 79.0 cm³/mol. The summed E-state index contributed by atoms with van der Waals surface area (Å²) in [4.78, 5) is 19.1. The second-order valence-electron chi connectivity index (χ2n) is 5.00. The van der Waals surface area contributed by atoms with Crippen molar-refractivity contribution < 1.29 is 4.79 Å². The van der Waals surface area contributed by atoms with Crippen LogP contribution < -0.4 is 5.73 Å². The molecule has 1 fully saturated rings. The zero-order chi connectivity index (χ0) is 13.7. The lowest BCUT2D eigenvalue weighted by Crippen LogP contribution is -2.39. The Bertz CT molecular complexity index is 415. The lowest BCUT2D eigenvalue weighted by atomic mass is 9.94. The lowest BCUT2D eigenvalue weighted by Gasteiger charge is -2.31. The molecule has 0 atom stereocenters. The van der Waals surface area contributed by atoms with Crippen LogP contribution in [0.15, 0.2) is 23.2 Å². The summed E-state index contributed by atoms with van der Waals surface area (Å²) >= 11 is 1.52. The first kappa shape index (κ1) is 14.2. The number of carbonyl (C=O) groups is 1. The topological polar surface area (TPSA) is 59.2 Å². The molecule has 1 heterocycles. The van der Waals surface area contributed by atoms with Gasteiger partial charge in [0.05, 0.1) is 5.75 Å². The van der Waals surface area contributed by atoms with E-state index in [4.69, 9.17) is 5.73 Å². The van der Waals surface area contributed by atoms with E-state index in [1.807, 2.05) is 18.0 Å². The van der Waals surface area contributed by atoms with Gasteiger partial charge in [-0.05, 0) is 25.0 Å². The molecule has 2 rings (SSSR count). The maximum atomic E-state index is 12.1. The Hall–Kier alpha value is -1.23. The number of nitrogen functional groups attached to an aromatic ring is 1. The van der Waals surface area contributed by atoms with Gasteiger partial charge in [-0.2, -0.15) is 0 Å². The molecular formula is C14H21N3OS. The highest BCUT2D eigenvalue weighted by Gasteiger charge is 2.21. The normalized spacial score (nSPS) is 16.3. The second kappa shape index (κ2) is 6.80. The number of pyridine rings is 1. The van der Waals surface area contributed by atoms with Crippen LogP contribution in [0.5, 0.6) is 0 Å². The Kier molecular flexibility index (Phi) is 5.07. The van der Waals surface area contributed by atoms with E-state index in [1.54, 1.807) is 12.3 Å². The van der Waals surface area contributed by atoms with Gasteiger partial charge >= 0.3 is 0 Å². The molecule has 1 amide bonds. The van der Waals surface area contributed by atoms with Gasteiger partial charge in [0.15, 0.2) is 0 Å². The Morgan fingerprint density at radius 3 is 2.79 bits per heavy atom. The average molecular weight is 279 g/mol. The first-order valence-electron chi connectivity index (χ1n) is 6.77. The van der Waals surface area contributed by atoms with Crippen molar-refractivity contribution in [2.75, 3.05) is 18.5 Å². The first-order chi connectivity index (χ1) is 9.16. The van der Waals surface area contributed by atoms with Gasteiger partial charge in [-0.1, -0.05) is 19.3 Å². The minimum atomic E-state index is 0.203. The highest BCUT2D eigenvalue weighted by Crippen LogP contribution is 2.23. The summed E-state index contributed by atoms with van der Waals surface area (Å²) in [6, 6.07) is 4.10. The summed E-state index contributed by atoms with van der Waals surface area (Å²) in [5.74, 6) is 1.18. The van der Waals surface area contributed by atoms with Gasteiger partial charge in [0.25, 0.3) is 0 Å². The van der Waals surface area contributed by atoms with E-state index in [0.717, 1.165) is 17.7 Å². The summed E-state index contributed by atoms with van der Waals surface area (Å²) in [7, 11) is 1.93. The van der Waals surface area contributed by atoms with Gasteiger partial charge in [0.1, 0.15) is 5.82 Å². The van der Waals surface area contributed by atoms with Crippen LogP contribution in [0, 0.1) is 0 Å².